The minimum atomic E-state index is -0.119. The van der Waals surface area contributed by atoms with E-state index in [-0.39, 0.29) is 11.8 Å². The van der Waals surface area contributed by atoms with Crippen molar-refractivity contribution in [2.24, 2.45) is 11.0 Å². The molecule has 1 aliphatic rings. The van der Waals surface area contributed by atoms with Gasteiger partial charge in [-0.1, -0.05) is 20.3 Å². The fourth-order valence-corrected chi connectivity index (χ4v) is 1.67. The van der Waals surface area contributed by atoms with Crippen LogP contribution in [0.4, 0.5) is 0 Å². The fraction of sp³-hybridized carbons (Fsp3) is 0.750. The molecule has 1 rings (SSSR count). The van der Waals surface area contributed by atoms with E-state index in [1.807, 2.05) is 6.92 Å². The van der Waals surface area contributed by atoms with E-state index in [2.05, 4.69) is 24.4 Å². The van der Waals surface area contributed by atoms with Crippen LogP contribution >= 0.6 is 0 Å². The van der Waals surface area contributed by atoms with Crippen molar-refractivity contribution < 1.29 is 9.59 Å². The smallest absolute Gasteiger partial charge is 0.270 e. The first-order valence-electron chi connectivity index (χ1n) is 6.23. The van der Waals surface area contributed by atoms with E-state index in [1.54, 1.807) is 4.90 Å². The van der Waals surface area contributed by atoms with Gasteiger partial charge >= 0.3 is 0 Å². The summed E-state index contributed by atoms with van der Waals surface area (Å²) in [5.74, 6) is 0.317. The SMILES string of the molecule is CCC(C)CN(CC)C(=O)C1=NNC(=O)CC1. The minimum absolute atomic E-state index is 0.0483. The minimum Gasteiger partial charge on any atom is -0.338 e. The van der Waals surface area contributed by atoms with E-state index in [9.17, 15) is 9.59 Å². The number of nitrogens with one attached hydrogen (secondary N) is 1. The molecule has 1 aliphatic heterocycles. The highest BCUT2D eigenvalue weighted by molar-refractivity contribution is 6.39. The molecule has 0 aliphatic carbocycles. The molecule has 96 valence electrons. The molecule has 0 saturated carbocycles. The maximum atomic E-state index is 12.1. The third-order valence-corrected chi connectivity index (χ3v) is 3.05. The van der Waals surface area contributed by atoms with Gasteiger partial charge in [0.15, 0.2) is 0 Å². The lowest BCUT2D eigenvalue weighted by molar-refractivity contribution is -0.125. The Labute approximate surface area is 102 Å². The van der Waals surface area contributed by atoms with Crippen LogP contribution in [0.3, 0.4) is 0 Å². The van der Waals surface area contributed by atoms with E-state index in [0.717, 1.165) is 13.0 Å². The van der Waals surface area contributed by atoms with Crippen LogP contribution in [-0.2, 0) is 9.59 Å². The Hall–Kier alpha value is -1.39. The molecule has 0 bridgehead atoms. The van der Waals surface area contributed by atoms with E-state index >= 15 is 0 Å². The first-order valence-corrected chi connectivity index (χ1v) is 6.23. The van der Waals surface area contributed by atoms with Gasteiger partial charge in [0.2, 0.25) is 5.91 Å². The molecule has 1 heterocycles. The van der Waals surface area contributed by atoms with Crippen molar-refractivity contribution in [3.8, 4) is 0 Å². The topological polar surface area (TPSA) is 61.8 Å². The summed E-state index contributed by atoms with van der Waals surface area (Å²) >= 11 is 0. The number of amides is 2. The van der Waals surface area contributed by atoms with Gasteiger partial charge in [-0.15, -0.1) is 0 Å². The molecule has 5 heteroatoms. The molecule has 17 heavy (non-hydrogen) atoms. The van der Waals surface area contributed by atoms with Crippen molar-refractivity contribution in [3.05, 3.63) is 0 Å². The first kappa shape index (κ1) is 13.7. The van der Waals surface area contributed by atoms with Gasteiger partial charge in [0.05, 0.1) is 0 Å². The van der Waals surface area contributed by atoms with Crippen molar-refractivity contribution in [2.75, 3.05) is 13.1 Å². The molecule has 0 radical (unpaired) electrons. The molecule has 1 unspecified atom stereocenters. The second-order valence-electron chi connectivity index (χ2n) is 4.45. The lowest BCUT2D eigenvalue weighted by Gasteiger charge is -2.25. The van der Waals surface area contributed by atoms with Crippen LogP contribution in [0.1, 0.15) is 40.0 Å². The van der Waals surface area contributed by atoms with E-state index in [4.69, 9.17) is 0 Å². The summed E-state index contributed by atoms with van der Waals surface area (Å²) in [4.78, 5) is 24.9. The highest BCUT2D eigenvalue weighted by Crippen LogP contribution is 2.08. The monoisotopic (exact) mass is 239 g/mol. The second-order valence-corrected chi connectivity index (χ2v) is 4.45. The van der Waals surface area contributed by atoms with Crippen LogP contribution in [0.5, 0.6) is 0 Å². The Morgan fingerprint density at radius 1 is 1.47 bits per heavy atom. The second kappa shape index (κ2) is 6.37. The summed E-state index contributed by atoms with van der Waals surface area (Å²) in [6.45, 7) is 7.62. The number of carbonyl (C=O) groups excluding carboxylic acids is 2. The largest absolute Gasteiger partial charge is 0.338 e. The summed E-state index contributed by atoms with van der Waals surface area (Å²) in [5.41, 5.74) is 2.83. The standard InChI is InChI=1S/C12H21N3O2/c1-4-9(3)8-15(5-2)12(17)10-6-7-11(16)14-13-10/h9H,4-8H2,1-3H3,(H,14,16). The lowest BCUT2D eigenvalue weighted by Crippen LogP contribution is -2.42. The van der Waals surface area contributed by atoms with E-state index in [0.29, 0.717) is 31.0 Å². The molecule has 0 aromatic rings. The molecule has 2 amide bonds. The van der Waals surface area contributed by atoms with Gasteiger partial charge in [-0.25, -0.2) is 5.43 Å². The molecular formula is C12H21N3O2. The van der Waals surface area contributed by atoms with Crippen LogP contribution < -0.4 is 5.43 Å². The van der Waals surface area contributed by atoms with Crippen LogP contribution in [0.25, 0.3) is 0 Å². The predicted octanol–water partition coefficient (Wildman–Crippen LogP) is 1.15. The molecule has 5 nitrogen and oxygen atoms in total. The van der Waals surface area contributed by atoms with Gasteiger partial charge in [-0.3, -0.25) is 9.59 Å². The number of hydrogen-bond donors (Lipinski definition) is 1. The zero-order chi connectivity index (χ0) is 12.8. The van der Waals surface area contributed by atoms with E-state index in [1.165, 1.54) is 0 Å². The molecule has 0 saturated heterocycles. The third-order valence-electron chi connectivity index (χ3n) is 3.05. The predicted molar refractivity (Wildman–Crippen MR) is 66.5 cm³/mol. The van der Waals surface area contributed by atoms with Crippen molar-refractivity contribution in [2.45, 2.75) is 40.0 Å². The summed E-state index contributed by atoms with van der Waals surface area (Å²) in [6, 6.07) is 0. The third kappa shape index (κ3) is 3.84. The molecule has 0 spiro atoms. The summed E-state index contributed by atoms with van der Waals surface area (Å²) in [5, 5.41) is 3.84. The summed E-state index contributed by atoms with van der Waals surface area (Å²) < 4.78 is 0. The molecule has 0 aromatic heterocycles. The molecule has 1 atom stereocenters. The average molecular weight is 239 g/mol. The lowest BCUT2D eigenvalue weighted by atomic mass is 10.1. The Morgan fingerprint density at radius 3 is 2.65 bits per heavy atom. The Bertz CT molecular complexity index is 326. The van der Waals surface area contributed by atoms with Gasteiger partial charge < -0.3 is 4.90 Å². The quantitative estimate of drug-likeness (QED) is 0.782. The maximum Gasteiger partial charge on any atom is 0.270 e. The van der Waals surface area contributed by atoms with Crippen molar-refractivity contribution >= 4 is 17.5 Å². The number of nitrogens with zero attached hydrogens (tertiary/aromatic N) is 2. The summed E-state index contributed by atoms with van der Waals surface area (Å²) in [6.07, 6.45) is 1.85. The zero-order valence-corrected chi connectivity index (χ0v) is 10.8. The number of rotatable bonds is 5. The van der Waals surface area contributed by atoms with Crippen LogP contribution in [0.2, 0.25) is 0 Å². The molecular weight excluding hydrogens is 218 g/mol. The number of carbonyl (C=O) groups is 2. The van der Waals surface area contributed by atoms with Gasteiger partial charge in [-0.05, 0) is 12.8 Å². The average Bonchev–Trinajstić information content (AvgIpc) is 2.35. The molecule has 1 N–H and O–H groups in total. The van der Waals surface area contributed by atoms with Gasteiger partial charge in [-0.2, -0.15) is 5.10 Å². The Balaban J connectivity index is 2.63. The first-order chi connectivity index (χ1) is 8.08. The van der Waals surface area contributed by atoms with Crippen LogP contribution in [-0.4, -0.2) is 35.5 Å². The van der Waals surface area contributed by atoms with Crippen molar-refractivity contribution in [3.63, 3.8) is 0 Å². The highest BCUT2D eigenvalue weighted by atomic mass is 16.2. The fourth-order valence-electron chi connectivity index (χ4n) is 1.67. The highest BCUT2D eigenvalue weighted by Gasteiger charge is 2.23. The van der Waals surface area contributed by atoms with Crippen LogP contribution in [0, 0.1) is 5.92 Å². The molecule has 0 fully saturated rings. The number of hydrogen-bond acceptors (Lipinski definition) is 3. The molecule has 0 aromatic carbocycles. The van der Waals surface area contributed by atoms with Crippen LogP contribution in [0.15, 0.2) is 5.10 Å². The summed E-state index contributed by atoms with van der Waals surface area (Å²) in [7, 11) is 0. The van der Waals surface area contributed by atoms with Crippen molar-refractivity contribution in [1.29, 1.82) is 0 Å². The normalized spacial score (nSPS) is 17.1. The van der Waals surface area contributed by atoms with Gasteiger partial charge in [0, 0.05) is 25.9 Å². The Kier molecular flexibility index (Phi) is 5.12. The number of hydrazone groups is 1. The zero-order valence-electron chi connectivity index (χ0n) is 10.8. The van der Waals surface area contributed by atoms with Crippen molar-refractivity contribution in [1.82, 2.24) is 10.3 Å². The Morgan fingerprint density at radius 2 is 2.18 bits per heavy atom. The maximum absolute atomic E-state index is 12.1. The van der Waals surface area contributed by atoms with Gasteiger partial charge in [0.1, 0.15) is 5.71 Å². The van der Waals surface area contributed by atoms with E-state index < -0.39 is 0 Å². The van der Waals surface area contributed by atoms with Gasteiger partial charge in [0.25, 0.3) is 5.91 Å².